The average Bonchev–Trinajstić information content (AvgIpc) is 3.60. The number of nitrogens with one attached hydrogen (secondary N) is 1. The Morgan fingerprint density at radius 2 is 1.71 bits per heavy atom. The Hall–Kier alpha value is -3.88. The Labute approximate surface area is 199 Å². The highest BCUT2D eigenvalue weighted by Gasteiger charge is 2.34. The van der Waals surface area contributed by atoms with Crippen molar-refractivity contribution in [1.82, 2.24) is 19.8 Å². The first-order chi connectivity index (χ1) is 16.4. The minimum Gasteiger partial charge on any atom is -0.369 e. The molecule has 178 valence electrons. The summed E-state index contributed by atoms with van der Waals surface area (Å²) in [7, 11) is 0. The number of aromatic nitrogens is 2. The molecule has 1 N–H and O–H groups in total. The lowest BCUT2D eigenvalue weighted by atomic mass is 10.00. The third kappa shape index (κ3) is 5.36. The zero-order valence-electron chi connectivity index (χ0n) is 20.0. The fourth-order valence-corrected chi connectivity index (χ4v) is 3.89. The van der Waals surface area contributed by atoms with Crippen LogP contribution in [-0.4, -0.2) is 51.3 Å². The summed E-state index contributed by atoms with van der Waals surface area (Å²) in [6, 6.07) is 7.04. The van der Waals surface area contributed by atoms with Crippen molar-refractivity contribution in [2.45, 2.75) is 47.0 Å². The number of amides is 3. The zero-order valence-corrected chi connectivity index (χ0v) is 20.0. The van der Waals surface area contributed by atoms with Crippen molar-refractivity contribution in [1.29, 1.82) is 0 Å². The molecule has 3 heterocycles. The highest BCUT2D eigenvalue weighted by Crippen LogP contribution is 2.26. The van der Waals surface area contributed by atoms with Crippen LogP contribution < -0.4 is 5.32 Å². The first-order valence-corrected chi connectivity index (χ1v) is 11.4. The minimum atomic E-state index is -0.407. The molecule has 0 aliphatic carbocycles. The van der Waals surface area contributed by atoms with E-state index in [4.69, 9.17) is 0 Å². The van der Waals surface area contributed by atoms with Crippen molar-refractivity contribution in [2.75, 3.05) is 6.67 Å². The molecule has 2 aliphatic rings. The Morgan fingerprint density at radius 3 is 2.18 bits per heavy atom. The number of carbonyl (C=O) groups is 3. The predicted molar refractivity (Wildman–Crippen MR) is 131 cm³/mol. The monoisotopic (exact) mass is 462 g/mol. The molecule has 3 amide bonds. The van der Waals surface area contributed by atoms with Crippen LogP contribution in [0.5, 0.6) is 0 Å². The predicted octanol–water partition coefficient (Wildman–Crippen LogP) is 4.07. The smallest absolute Gasteiger partial charge is 0.367 e. The molecule has 0 bridgehead atoms. The molecular weight excluding hydrogens is 432 g/mol. The number of aryl methyl sites for hydroxylation is 1. The molecule has 0 saturated carbocycles. The number of allylic oxidation sites excluding steroid dienone is 2. The van der Waals surface area contributed by atoms with E-state index in [2.05, 4.69) is 20.3 Å². The molecule has 0 saturated heterocycles. The maximum atomic E-state index is 13.3. The number of urea groups is 1. The number of nitrogens with zero attached hydrogens (tertiary/aromatic N) is 5. The molecule has 1 aromatic heterocycles. The Kier molecular flexibility index (Phi) is 8.24. The van der Waals surface area contributed by atoms with Crippen LogP contribution in [0, 0.1) is 12.8 Å². The molecule has 0 radical (unpaired) electrons. The van der Waals surface area contributed by atoms with E-state index >= 15 is 0 Å². The molecule has 0 fully saturated rings. The number of imidazole rings is 1. The fraction of sp³-hybridized carbons (Fsp3) is 0.360. The summed E-state index contributed by atoms with van der Waals surface area (Å²) < 4.78 is 1.96. The number of hydrogen-bond acceptors (Lipinski definition) is 5. The molecule has 9 nitrogen and oxygen atoms in total. The van der Waals surface area contributed by atoms with Crippen molar-refractivity contribution < 1.29 is 14.4 Å². The normalized spacial score (nSPS) is 14.5. The third-order valence-corrected chi connectivity index (χ3v) is 5.85. The summed E-state index contributed by atoms with van der Waals surface area (Å²) in [5.74, 6) is 0.731. The molecular formula is C25H30N6O3. The molecule has 9 heteroatoms. The van der Waals surface area contributed by atoms with Crippen molar-refractivity contribution >= 4 is 30.2 Å². The summed E-state index contributed by atoms with van der Waals surface area (Å²) in [6.45, 7) is 8.32. The number of benzene rings is 1. The van der Waals surface area contributed by atoms with Crippen LogP contribution in [-0.2, 0) is 4.79 Å². The lowest BCUT2D eigenvalue weighted by molar-refractivity contribution is -0.133. The number of hydrogen-bond donors (Lipinski definition) is 1. The highest BCUT2D eigenvalue weighted by atomic mass is 16.2. The number of aliphatic imine (C=N–C) groups is 2. The van der Waals surface area contributed by atoms with Gasteiger partial charge in [0.25, 0.3) is 0 Å². The van der Waals surface area contributed by atoms with Gasteiger partial charge in [-0.05, 0) is 50.5 Å². The van der Waals surface area contributed by atoms with Crippen molar-refractivity contribution in [3.8, 4) is 5.69 Å². The largest absolute Gasteiger partial charge is 0.369 e. The SMILES string of the molecule is CCC1=C(C(=O)c2ccc(-n3ccnc3C)cc2)N(C(=O)C(CC)CC)CN1.O=C1N=CC=N1. The summed E-state index contributed by atoms with van der Waals surface area (Å²) in [5, 5.41) is 3.23. The molecule has 0 unspecified atom stereocenters. The number of carbonyl (C=O) groups excluding carboxylic acids is 3. The Balaban J connectivity index is 0.000000469. The molecule has 0 spiro atoms. The van der Waals surface area contributed by atoms with Crippen LogP contribution in [0.15, 0.2) is 58.0 Å². The van der Waals surface area contributed by atoms with Gasteiger partial charge in [-0.15, -0.1) is 0 Å². The number of rotatable bonds is 7. The van der Waals surface area contributed by atoms with E-state index in [-0.39, 0.29) is 17.6 Å². The topological polar surface area (TPSA) is 109 Å². The second kappa shape index (κ2) is 11.3. The van der Waals surface area contributed by atoms with Gasteiger partial charge in [0.05, 0.1) is 19.1 Å². The van der Waals surface area contributed by atoms with Crippen LogP contribution in [0.2, 0.25) is 0 Å². The molecule has 34 heavy (non-hydrogen) atoms. The van der Waals surface area contributed by atoms with Gasteiger partial charge in [0.2, 0.25) is 11.7 Å². The second-order valence-electron chi connectivity index (χ2n) is 7.85. The molecule has 4 rings (SSSR count). The quantitative estimate of drug-likeness (QED) is 0.624. The van der Waals surface area contributed by atoms with Crippen molar-refractivity contribution in [3.05, 3.63) is 59.4 Å². The summed E-state index contributed by atoms with van der Waals surface area (Å²) in [6.07, 6.45) is 8.59. The zero-order chi connectivity index (χ0) is 24.7. The van der Waals surface area contributed by atoms with Crippen molar-refractivity contribution in [3.63, 3.8) is 0 Å². The molecule has 1 aromatic carbocycles. The van der Waals surface area contributed by atoms with Crippen LogP contribution in [0.1, 0.15) is 56.2 Å². The number of Topliss-reactive ketones (excluding diaryl/α,β-unsaturated/α-hetero) is 1. The summed E-state index contributed by atoms with van der Waals surface area (Å²) in [5.41, 5.74) is 2.85. The Morgan fingerprint density at radius 1 is 1.06 bits per heavy atom. The van der Waals surface area contributed by atoms with Gasteiger partial charge in [0, 0.05) is 35.3 Å². The maximum absolute atomic E-state index is 13.3. The number of ketones is 1. The van der Waals surface area contributed by atoms with Crippen LogP contribution in [0.3, 0.4) is 0 Å². The second-order valence-corrected chi connectivity index (χ2v) is 7.85. The maximum Gasteiger partial charge on any atom is 0.367 e. The van der Waals surface area contributed by atoms with E-state index in [1.54, 1.807) is 11.1 Å². The third-order valence-electron chi connectivity index (χ3n) is 5.85. The van der Waals surface area contributed by atoms with E-state index < -0.39 is 6.03 Å². The van der Waals surface area contributed by atoms with E-state index in [9.17, 15) is 14.4 Å². The van der Waals surface area contributed by atoms with E-state index in [0.29, 0.717) is 24.4 Å². The van der Waals surface area contributed by atoms with E-state index in [1.807, 2.05) is 62.7 Å². The van der Waals surface area contributed by atoms with E-state index in [0.717, 1.165) is 30.1 Å². The molecule has 0 atom stereocenters. The van der Waals surface area contributed by atoms with Gasteiger partial charge < -0.3 is 9.88 Å². The summed E-state index contributed by atoms with van der Waals surface area (Å²) >= 11 is 0. The first-order valence-electron chi connectivity index (χ1n) is 11.4. The van der Waals surface area contributed by atoms with Gasteiger partial charge in [-0.25, -0.2) is 9.78 Å². The van der Waals surface area contributed by atoms with Crippen LogP contribution in [0.4, 0.5) is 4.79 Å². The highest BCUT2D eigenvalue weighted by molar-refractivity contribution is 6.25. The average molecular weight is 463 g/mol. The van der Waals surface area contributed by atoms with Gasteiger partial charge >= 0.3 is 6.03 Å². The van der Waals surface area contributed by atoms with Gasteiger partial charge in [-0.2, -0.15) is 9.98 Å². The molecule has 2 aliphatic heterocycles. The lowest BCUT2D eigenvalue weighted by Crippen LogP contribution is -2.37. The first kappa shape index (κ1) is 24.8. The van der Waals surface area contributed by atoms with E-state index in [1.165, 1.54) is 12.4 Å². The minimum absolute atomic E-state index is 0.0231. The Bertz CT molecular complexity index is 1130. The molecule has 2 aromatic rings. The van der Waals surface area contributed by atoms with Crippen molar-refractivity contribution in [2.24, 2.45) is 15.9 Å². The lowest BCUT2D eigenvalue weighted by Gasteiger charge is -2.23. The van der Waals surface area contributed by atoms with Crippen LogP contribution >= 0.6 is 0 Å². The fourth-order valence-electron chi connectivity index (χ4n) is 3.89. The van der Waals surface area contributed by atoms with Gasteiger partial charge in [-0.3, -0.25) is 14.5 Å². The van der Waals surface area contributed by atoms with Crippen LogP contribution in [0.25, 0.3) is 5.69 Å². The van der Waals surface area contributed by atoms with Gasteiger partial charge in [0.15, 0.2) is 0 Å². The summed E-state index contributed by atoms with van der Waals surface area (Å²) in [4.78, 5) is 48.4. The van der Waals surface area contributed by atoms with Gasteiger partial charge in [0.1, 0.15) is 11.5 Å². The standard InChI is InChI=1S/C22H28N4O2.C3H2N2O/c1-5-16(6-2)22(28)26-14-24-19(7-3)20(26)21(27)17-8-10-18(11-9-17)25-13-12-23-15(25)4;6-3-4-1-2-5-3/h8-13,16,24H,5-7,14H2,1-4H3;1-2H. The van der Waals surface area contributed by atoms with Gasteiger partial charge in [-0.1, -0.05) is 20.8 Å².